The zero-order chi connectivity index (χ0) is 24.0. The lowest BCUT2D eigenvalue weighted by Crippen LogP contribution is -2.45. The van der Waals surface area contributed by atoms with Crippen molar-refractivity contribution in [3.63, 3.8) is 0 Å². The van der Waals surface area contributed by atoms with Gasteiger partial charge in [0.1, 0.15) is 0 Å². The van der Waals surface area contributed by atoms with Gasteiger partial charge in [-0.2, -0.15) is 0 Å². The minimum atomic E-state index is -3.77. The number of rotatable bonds is 8. The molecule has 3 rings (SSSR count). The Kier molecular flexibility index (Phi) is 8.13. The van der Waals surface area contributed by atoms with Crippen molar-refractivity contribution < 1.29 is 18.0 Å². The van der Waals surface area contributed by atoms with E-state index in [9.17, 15) is 18.0 Å². The first kappa shape index (κ1) is 24.8. The van der Waals surface area contributed by atoms with Gasteiger partial charge in [0.05, 0.1) is 10.8 Å². The zero-order valence-electron chi connectivity index (χ0n) is 19.5. The Bertz CT molecular complexity index is 1100. The molecule has 1 atom stereocenters. The van der Waals surface area contributed by atoms with Crippen molar-refractivity contribution in [1.29, 1.82) is 0 Å². The van der Waals surface area contributed by atoms with Crippen LogP contribution in [0.15, 0.2) is 53.4 Å². The third kappa shape index (κ3) is 6.57. The van der Waals surface area contributed by atoms with Crippen molar-refractivity contribution in [2.75, 3.05) is 24.4 Å². The average molecular weight is 472 g/mol. The molecule has 1 saturated heterocycles. The molecule has 0 unspecified atom stereocenters. The second kappa shape index (κ2) is 10.8. The Morgan fingerprint density at radius 2 is 1.88 bits per heavy atom. The second-order valence-electron chi connectivity index (χ2n) is 9.02. The topological polar surface area (TPSA) is 95.6 Å². The van der Waals surface area contributed by atoms with Crippen molar-refractivity contribution >= 4 is 27.5 Å². The Labute approximate surface area is 196 Å². The number of hydrogen-bond donors (Lipinski definition) is 2. The third-order valence-electron chi connectivity index (χ3n) is 5.85. The van der Waals surface area contributed by atoms with Crippen molar-refractivity contribution in [2.24, 2.45) is 11.8 Å². The van der Waals surface area contributed by atoms with E-state index >= 15 is 0 Å². The maximum atomic E-state index is 13.1. The summed E-state index contributed by atoms with van der Waals surface area (Å²) in [6.07, 6.45) is 2.44. The monoisotopic (exact) mass is 471 g/mol. The molecule has 1 aliphatic heterocycles. The fourth-order valence-corrected chi connectivity index (χ4v) is 5.27. The molecule has 0 aromatic heterocycles. The molecule has 178 valence electrons. The first-order valence-electron chi connectivity index (χ1n) is 11.4. The van der Waals surface area contributed by atoms with Crippen LogP contribution in [0.4, 0.5) is 5.69 Å². The smallest absolute Gasteiger partial charge is 0.262 e. The van der Waals surface area contributed by atoms with E-state index in [4.69, 9.17) is 0 Å². The molecule has 1 aliphatic rings. The van der Waals surface area contributed by atoms with Crippen LogP contribution in [-0.4, -0.2) is 44.8 Å². The lowest BCUT2D eigenvalue weighted by atomic mass is 9.96. The van der Waals surface area contributed by atoms with Gasteiger partial charge in [0, 0.05) is 30.9 Å². The number of nitrogens with zero attached hydrogens (tertiary/aromatic N) is 1. The predicted molar refractivity (Wildman–Crippen MR) is 130 cm³/mol. The molecule has 0 saturated carbocycles. The molecule has 0 bridgehead atoms. The summed E-state index contributed by atoms with van der Waals surface area (Å²) in [5.41, 5.74) is 1.35. The van der Waals surface area contributed by atoms with Crippen LogP contribution >= 0.6 is 0 Å². The zero-order valence-corrected chi connectivity index (χ0v) is 20.3. The van der Waals surface area contributed by atoms with Crippen LogP contribution in [0.3, 0.4) is 0 Å². The van der Waals surface area contributed by atoms with Crippen LogP contribution in [0, 0.1) is 18.8 Å². The fourth-order valence-electron chi connectivity index (χ4n) is 3.97. The number of piperidine rings is 1. The highest BCUT2D eigenvalue weighted by Crippen LogP contribution is 2.23. The van der Waals surface area contributed by atoms with Gasteiger partial charge in [-0.3, -0.25) is 14.3 Å². The fraction of sp³-hybridized carbons (Fsp3) is 0.440. The molecule has 2 aromatic carbocycles. The summed E-state index contributed by atoms with van der Waals surface area (Å²) in [6, 6.07) is 13.2. The number of amides is 2. The van der Waals surface area contributed by atoms with E-state index < -0.39 is 10.0 Å². The lowest BCUT2D eigenvalue weighted by molar-refractivity contribution is -0.126. The highest BCUT2D eigenvalue weighted by Gasteiger charge is 2.29. The van der Waals surface area contributed by atoms with E-state index in [0.29, 0.717) is 42.4 Å². The summed E-state index contributed by atoms with van der Waals surface area (Å²) in [4.78, 5) is 27.5. The van der Waals surface area contributed by atoms with Gasteiger partial charge in [-0.05, 0) is 61.9 Å². The molecule has 33 heavy (non-hydrogen) atoms. The highest BCUT2D eigenvalue weighted by atomic mass is 32.2. The molecule has 2 amide bonds. The minimum Gasteiger partial charge on any atom is -0.356 e. The normalized spacial score (nSPS) is 16.5. The van der Waals surface area contributed by atoms with Crippen LogP contribution in [-0.2, 0) is 14.8 Å². The van der Waals surface area contributed by atoms with E-state index in [1.54, 1.807) is 60.4 Å². The van der Waals surface area contributed by atoms with Crippen LogP contribution in [0.1, 0.15) is 49.0 Å². The summed E-state index contributed by atoms with van der Waals surface area (Å²) in [7, 11) is -3.77. The van der Waals surface area contributed by atoms with E-state index in [-0.39, 0.29) is 22.6 Å². The number of likely N-dealkylation sites (tertiary alicyclic amines) is 1. The van der Waals surface area contributed by atoms with Gasteiger partial charge in [-0.1, -0.05) is 38.1 Å². The van der Waals surface area contributed by atoms with E-state index in [0.717, 1.165) is 19.3 Å². The lowest BCUT2D eigenvalue weighted by Gasteiger charge is -2.32. The number of hydrogen-bond acceptors (Lipinski definition) is 4. The third-order valence-corrected chi connectivity index (χ3v) is 7.39. The largest absolute Gasteiger partial charge is 0.356 e. The quantitative estimate of drug-likeness (QED) is 0.612. The van der Waals surface area contributed by atoms with Crippen LogP contribution < -0.4 is 10.0 Å². The summed E-state index contributed by atoms with van der Waals surface area (Å²) in [5.74, 6) is 0.0855. The molecule has 0 spiro atoms. The number of sulfonamides is 1. The van der Waals surface area contributed by atoms with Crippen molar-refractivity contribution in [3.05, 3.63) is 59.7 Å². The SMILES string of the molecule is Cc1ccccc1S(=O)(=O)Nc1cccc(C(=O)N2CCC[C@@H](C(=O)NCCC(C)C)C2)c1. The minimum absolute atomic E-state index is 0.00658. The van der Waals surface area contributed by atoms with Gasteiger partial charge in [-0.25, -0.2) is 8.42 Å². The van der Waals surface area contributed by atoms with Crippen molar-refractivity contribution in [2.45, 2.75) is 44.9 Å². The predicted octanol–water partition coefficient (Wildman–Crippen LogP) is 3.81. The van der Waals surface area contributed by atoms with E-state index in [2.05, 4.69) is 23.9 Å². The van der Waals surface area contributed by atoms with E-state index in [1.165, 1.54) is 0 Å². The standard InChI is InChI=1S/C25H33N3O4S/c1-18(2)13-14-26-24(29)21-10-7-15-28(17-21)25(30)20-9-6-11-22(16-20)27-33(31,32)23-12-5-4-8-19(23)3/h4-6,8-9,11-12,16,18,21,27H,7,10,13-15,17H2,1-3H3,(H,26,29)/t21-/m1/s1. The Morgan fingerprint density at radius 1 is 1.12 bits per heavy atom. The molecule has 1 heterocycles. The van der Waals surface area contributed by atoms with Crippen LogP contribution in [0.5, 0.6) is 0 Å². The van der Waals surface area contributed by atoms with Gasteiger partial charge >= 0.3 is 0 Å². The maximum absolute atomic E-state index is 13.1. The summed E-state index contributed by atoms with van der Waals surface area (Å²) in [5, 5.41) is 2.98. The number of aryl methyl sites for hydroxylation is 1. The summed E-state index contributed by atoms with van der Waals surface area (Å²) < 4.78 is 28.2. The van der Waals surface area contributed by atoms with Crippen LogP contribution in [0.25, 0.3) is 0 Å². The van der Waals surface area contributed by atoms with Gasteiger partial charge in [0.2, 0.25) is 5.91 Å². The highest BCUT2D eigenvalue weighted by molar-refractivity contribution is 7.92. The number of nitrogens with one attached hydrogen (secondary N) is 2. The molecule has 1 fully saturated rings. The molecule has 7 nitrogen and oxygen atoms in total. The van der Waals surface area contributed by atoms with Crippen molar-refractivity contribution in [1.82, 2.24) is 10.2 Å². The molecular formula is C25H33N3O4S. The van der Waals surface area contributed by atoms with Crippen LogP contribution in [0.2, 0.25) is 0 Å². The van der Waals surface area contributed by atoms with Crippen molar-refractivity contribution in [3.8, 4) is 0 Å². The maximum Gasteiger partial charge on any atom is 0.262 e. The molecule has 2 aromatic rings. The summed E-state index contributed by atoms with van der Waals surface area (Å²) in [6.45, 7) is 7.55. The number of carbonyl (C=O) groups is 2. The van der Waals surface area contributed by atoms with Gasteiger partial charge in [-0.15, -0.1) is 0 Å². The van der Waals surface area contributed by atoms with Gasteiger partial charge < -0.3 is 10.2 Å². The first-order valence-corrected chi connectivity index (χ1v) is 12.9. The first-order chi connectivity index (χ1) is 15.7. The number of benzene rings is 2. The van der Waals surface area contributed by atoms with Gasteiger partial charge in [0.15, 0.2) is 0 Å². The number of carbonyl (C=O) groups excluding carboxylic acids is 2. The average Bonchev–Trinajstić information content (AvgIpc) is 2.78. The van der Waals surface area contributed by atoms with Gasteiger partial charge in [0.25, 0.3) is 15.9 Å². The molecule has 0 aliphatic carbocycles. The van der Waals surface area contributed by atoms with E-state index in [1.807, 2.05) is 0 Å². The Balaban J connectivity index is 1.68. The summed E-state index contributed by atoms with van der Waals surface area (Å²) >= 11 is 0. The molecule has 0 radical (unpaired) electrons. The Hall–Kier alpha value is -2.87. The second-order valence-corrected chi connectivity index (χ2v) is 10.7. The molecular weight excluding hydrogens is 438 g/mol. The Morgan fingerprint density at radius 3 is 2.61 bits per heavy atom. The number of anilines is 1. The molecule has 2 N–H and O–H groups in total. The molecule has 8 heteroatoms.